The molecule has 1 unspecified atom stereocenters. The summed E-state index contributed by atoms with van der Waals surface area (Å²) in [6.45, 7) is 1.97. The first-order valence-corrected chi connectivity index (χ1v) is 12.2. The summed E-state index contributed by atoms with van der Waals surface area (Å²) in [4.78, 5) is 41.2. The number of carbonyl (C=O) groups is 3. The number of methoxy groups -OCH3 is 1. The van der Waals surface area contributed by atoms with E-state index in [1.807, 2.05) is 0 Å². The third-order valence-corrected chi connectivity index (χ3v) is 7.15. The average molecular weight is 470 g/mol. The van der Waals surface area contributed by atoms with Crippen LogP contribution in [0.4, 0.5) is 0 Å². The van der Waals surface area contributed by atoms with Crippen LogP contribution in [0.3, 0.4) is 0 Å². The van der Waals surface area contributed by atoms with Crippen LogP contribution in [-0.2, 0) is 35.6 Å². The molecule has 0 bridgehead atoms. The van der Waals surface area contributed by atoms with Crippen LogP contribution in [0.5, 0.6) is 0 Å². The molecule has 1 saturated heterocycles. The van der Waals surface area contributed by atoms with Crippen LogP contribution in [0.1, 0.15) is 30.1 Å². The number of esters is 2. The van der Waals surface area contributed by atoms with Crippen molar-refractivity contribution >= 4 is 49.4 Å². The molecule has 1 aliphatic heterocycles. The van der Waals surface area contributed by atoms with E-state index < -0.39 is 33.9 Å². The number of fused-ring (bicyclic) bond motifs is 1. The number of hydrogen-bond donors (Lipinski definition) is 0. The molecule has 168 valence electrons. The topological polar surface area (TPSA) is 124 Å². The summed E-state index contributed by atoms with van der Waals surface area (Å²) >= 11 is 1.11. The zero-order chi connectivity index (χ0) is 22.8. The highest BCUT2D eigenvalue weighted by atomic mass is 32.2. The van der Waals surface area contributed by atoms with E-state index in [9.17, 15) is 22.8 Å². The van der Waals surface area contributed by atoms with E-state index in [1.54, 1.807) is 25.1 Å². The fraction of sp³-hybridized carbons (Fsp3) is 0.474. The minimum absolute atomic E-state index is 0.183. The highest BCUT2D eigenvalue weighted by Gasteiger charge is 2.36. The van der Waals surface area contributed by atoms with Gasteiger partial charge < -0.3 is 14.0 Å². The molecule has 0 N–H and O–H groups in total. The molecular formula is C19H23N3O7S2. The molecule has 0 radical (unpaired) electrons. The van der Waals surface area contributed by atoms with E-state index in [-0.39, 0.29) is 24.5 Å². The van der Waals surface area contributed by atoms with Crippen molar-refractivity contribution in [3.63, 3.8) is 0 Å². The van der Waals surface area contributed by atoms with Gasteiger partial charge in [-0.05, 0) is 38.0 Å². The Morgan fingerprint density at radius 1 is 1.29 bits per heavy atom. The molecule has 2 aromatic rings. The van der Waals surface area contributed by atoms with Crippen molar-refractivity contribution < 1.29 is 32.3 Å². The molecule has 10 nitrogen and oxygen atoms in total. The smallest absolute Gasteiger partial charge is 0.337 e. The molecule has 3 rings (SSSR count). The zero-order valence-corrected chi connectivity index (χ0v) is 19.0. The quantitative estimate of drug-likeness (QED) is 0.576. The molecule has 0 aliphatic carbocycles. The lowest BCUT2D eigenvalue weighted by Crippen LogP contribution is -2.40. The number of hydrogen-bond acceptors (Lipinski definition) is 8. The van der Waals surface area contributed by atoms with Gasteiger partial charge in [-0.25, -0.2) is 13.2 Å². The van der Waals surface area contributed by atoms with Gasteiger partial charge in [0.05, 0.1) is 35.8 Å². The Balaban J connectivity index is 2.09. The summed E-state index contributed by atoms with van der Waals surface area (Å²) in [7, 11) is -2.27. The van der Waals surface area contributed by atoms with Crippen molar-refractivity contribution in [2.45, 2.75) is 32.4 Å². The molecule has 0 saturated carbocycles. The molecule has 1 atom stereocenters. The number of ether oxygens (including phenoxy) is 2. The summed E-state index contributed by atoms with van der Waals surface area (Å²) in [5.74, 6) is -1.62. The number of nitrogens with zero attached hydrogens (tertiary/aromatic N) is 3. The van der Waals surface area contributed by atoms with Gasteiger partial charge in [0.15, 0.2) is 4.80 Å². The van der Waals surface area contributed by atoms with Crippen LogP contribution in [0, 0.1) is 0 Å². The summed E-state index contributed by atoms with van der Waals surface area (Å²) in [5.41, 5.74) is 0.903. The molecule has 1 fully saturated rings. The third kappa shape index (κ3) is 5.02. The maximum Gasteiger partial charge on any atom is 0.337 e. The molecule has 1 amide bonds. The second-order valence-corrected chi connectivity index (χ2v) is 9.88. The highest BCUT2D eigenvalue weighted by Crippen LogP contribution is 2.23. The minimum atomic E-state index is -3.54. The number of benzene rings is 1. The zero-order valence-electron chi connectivity index (χ0n) is 17.4. The Morgan fingerprint density at radius 3 is 2.68 bits per heavy atom. The molecule has 1 aromatic heterocycles. The Bertz CT molecular complexity index is 1200. The van der Waals surface area contributed by atoms with Gasteiger partial charge in [0, 0.05) is 6.54 Å². The summed E-state index contributed by atoms with van der Waals surface area (Å²) in [6.07, 6.45) is 2.01. The molecule has 0 spiro atoms. The normalized spacial score (nSPS) is 17.8. The first-order chi connectivity index (χ1) is 14.7. The number of carbonyl (C=O) groups excluding carboxylic acids is 3. The van der Waals surface area contributed by atoms with Crippen molar-refractivity contribution in [1.29, 1.82) is 0 Å². The first kappa shape index (κ1) is 23.1. The lowest BCUT2D eigenvalue weighted by Gasteiger charge is -2.18. The van der Waals surface area contributed by atoms with Gasteiger partial charge in [0.2, 0.25) is 10.0 Å². The van der Waals surface area contributed by atoms with E-state index in [0.29, 0.717) is 28.6 Å². The molecular weight excluding hydrogens is 446 g/mol. The van der Waals surface area contributed by atoms with Gasteiger partial charge in [0.25, 0.3) is 5.91 Å². The second kappa shape index (κ2) is 9.28. The number of aromatic nitrogens is 1. The minimum Gasteiger partial charge on any atom is -0.465 e. The molecule has 1 aliphatic rings. The maximum atomic E-state index is 12.9. The largest absolute Gasteiger partial charge is 0.465 e. The Morgan fingerprint density at radius 2 is 2.03 bits per heavy atom. The van der Waals surface area contributed by atoms with Gasteiger partial charge in [-0.2, -0.15) is 9.30 Å². The van der Waals surface area contributed by atoms with Crippen molar-refractivity contribution in [2.75, 3.05) is 26.5 Å². The van der Waals surface area contributed by atoms with E-state index in [0.717, 1.165) is 21.9 Å². The standard InChI is InChI=1S/C19H23N3O7S2/c1-4-29-16(23)11-21-13-8-7-12(18(25)28-2)10-15(13)30-19(21)20-17(24)14-6-5-9-22(14)31(3,26)27/h7-8,10,14H,4-6,9,11H2,1-3H3. The number of thiazole rings is 1. The van der Waals surface area contributed by atoms with Crippen molar-refractivity contribution in [2.24, 2.45) is 4.99 Å². The van der Waals surface area contributed by atoms with Gasteiger partial charge in [-0.1, -0.05) is 11.3 Å². The predicted molar refractivity (Wildman–Crippen MR) is 113 cm³/mol. The van der Waals surface area contributed by atoms with Crippen LogP contribution in [-0.4, -0.2) is 67.7 Å². The van der Waals surface area contributed by atoms with Crippen LogP contribution in [0.15, 0.2) is 23.2 Å². The molecule has 2 heterocycles. The van der Waals surface area contributed by atoms with Crippen molar-refractivity contribution in [3.05, 3.63) is 28.6 Å². The second-order valence-electron chi connectivity index (χ2n) is 6.93. The number of amides is 1. The van der Waals surface area contributed by atoms with E-state index in [1.165, 1.54) is 11.7 Å². The van der Waals surface area contributed by atoms with Crippen LogP contribution in [0.2, 0.25) is 0 Å². The average Bonchev–Trinajstić information content (AvgIpc) is 3.33. The maximum absolute atomic E-state index is 12.9. The lowest BCUT2D eigenvalue weighted by atomic mass is 10.2. The van der Waals surface area contributed by atoms with Gasteiger partial charge in [-0.3, -0.25) is 9.59 Å². The predicted octanol–water partition coefficient (Wildman–Crippen LogP) is 0.904. The Hall–Kier alpha value is -2.57. The Labute approximate surface area is 183 Å². The summed E-state index contributed by atoms with van der Waals surface area (Å²) in [6, 6.07) is 3.91. The monoisotopic (exact) mass is 469 g/mol. The van der Waals surface area contributed by atoms with Crippen LogP contribution < -0.4 is 4.80 Å². The lowest BCUT2D eigenvalue weighted by molar-refractivity contribution is -0.143. The molecule has 12 heteroatoms. The molecule has 31 heavy (non-hydrogen) atoms. The van der Waals surface area contributed by atoms with E-state index in [4.69, 9.17) is 9.47 Å². The Kier molecular flexibility index (Phi) is 6.92. The van der Waals surface area contributed by atoms with E-state index in [2.05, 4.69) is 4.99 Å². The third-order valence-electron chi connectivity index (χ3n) is 4.82. The van der Waals surface area contributed by atoms with Gasteiger partial charge in [0.1, 0.15) is 12.6 Å². The first-order valence-electron chi connectivity index (χ1n) is 9.58. The highest BCUT2D eigenvalue weighted by molar-refractivity contribution is 7.88. The van der Waals surface area contributed by atoms with Gasteiger partial charge in [-0.15, -0.1) is 0 Å². The molecule has 1 aromatic carbocycles. The summed E-state index contributed by atoms with van der Waals surface area (Å²) in [5, 5.41) is 0. The van der Waals surface area contributed by atoms with Gasteiger partial charge >= 0.3 is 11.9 Å². The fourth-order valence-corrected chi connectivity index (χ4v) is 5.64. The van der Waals surface area contributed by atoms with E-state index >= 15 is 0 Å². The number of sulfonamides is 1. The van der Waals surface area contributed by atoms with Crippen molar-refractivity contribution in [1.82, 2.24) is 8.87 Å². The number of rotatable bonds is 6. The van der Waals surface area contributed by atoms with Crippen LogP contribution in [0.25, 0.3) is 10.2 Å². The van der Waals surface area contributed by atoms with Crippen LogP contribution >= 0.6 is 11.3 Å². The fourth-order valence-electron chi connectivity index (χ4n) is 3.44. The van der Waals surface area contributed by atoms with Crippen molar-refractivity contribution in [3.8, 4) is 0 Å². The SMILES string of the molecule is CCOC(=O)Cn1c(=NC(=O)C2CCCN2S(C)(=O)=O)sc2cc(C(=O)OC)ccc21. The summed E-state index contributed by atoms with van der Waals surface area (Å²) < 4.78 is 37.0.